The molecule has 2 aliphatic rings. The second kappa shape index (κ2) is 6.90. The fourth-order valence-corrected chi connectivity index (χ4v) is 4.73. The molecule has 5 rings (SSSR count). The number of likely N-dealkylation sites (tertiary alicyclic amines) is 1. The van der Waals surface area contributed by atoms with E-state index in [9.17, 15) is 4.79 Å². The van der Waals surface area contributed by atoms with Gasteiger partial charge < -0.3 is 14.3 Å². The van der Waals surface area contributed by atoms with E-state index < -0.39 is 0 Å². The van der Waals surface area contributed by atoms with Crippen molar-refractivity contribution in [1.82, 2.24) is 14.5 Å². The van der Waals surface area contributed by atoms with Gasteiger partial charge in [0.05, 0.1) is 6.61 Å². The molecule has 0 bridgehead atoms. The Hall–Kier alpha value is -2.37. The maximum Gasteiger partial charge on any atom is 0.274 e. The van der Waals surface area contributed by atoms with Crippen LogP contribution in [-0.4, -0.2) is 40.8 Å². The van der Waals surface area contributed by atoms with E-state index in [4.69, 9.17) is 4.74 Å². The largest absolute Gasteiger partial charge is 0.381 e. The van der Waals surface area contributed by atoms with Gasteiger partial charge in [-0.05, 0) is 55.0 Å². The number of aromatic amines is 1. The third-order valence-electron chi connectivity index (χ3n) is 6.69. The monoisotopic (exact) mass is 377 g/mol. The third-order valence-corrected chi connectivity index (χ3v) is 6.69. The first-order chi connectivity index (χ1) is 13.6. The Morgan fingerprint density at radius 2 is 1.89 bits per heavy atom. The summed E-state index contributed by atoms with van der Waals surface area (Å²) in [6.07, 6.45) is 7.53. The third kappa shape index (κ3) is 3.09. The van der Waals surface area contributed by atoms with Gasteiger partial charge in [-0.25, -0.2) is 0 Å². The Morgan fingerprint density at radius 1 is 1.11 bits per heavy atom. The van der Waals surface area contributed by atoms with Gasteiger partial charge in [-0.3, -0.25) is 9.69 Å². The van der Waals surface area contributed by atoms with Crippen molar-refractivity contribution in [2.24, 2.45) is 12.5 Å². The van der Waals surface area contributed by atoms with Gasteiger partial charge in [0.25, 0.3) is 5.56 Å². The first-order valence-corrected chi connectivity index (χ1v) is 10.2. The van der Waals surface area contributed by atoms with Crippen LogP contribution in [0, 0.1) is 5.41 Å². The molecule has 0 atom stereocenters. The summed E-state index contributed by atoms with van der Waals surface area (Å²) in [6.45, 7) is 5.24. The van der Waals surface area contributed by atoms with Crippen LogP contribution in [0.15, 0.2) is 47.5 Å². The normalized spacial score (nSPS) is 19.6. The van der Waals surface area contributed by atoms with Crippen LogP contribution in [0.2, 0.25) is 0 Å². The number of aryl methyl sites for hydroxylation is 1. The Kier molecular flexibility index (Phi) is 4.37. The molecule has 1 spiro atoms. The SMILES string of the molecule is Cn1ccc2c(-c3ccc(CN4CCC5(CCOC5)CC4)cc3)c[nH]c2c1=O. The number of H-pyrrole nitrogens is 1. The number of aromatic nitrogens is 2. The topological polar surface area (TPSA) is 50.3 Å². The van der Waals surface area contributed by atoms with E-state index in [0.29, 0.717) is 10.9 Å². The minimum Gasteiger partial charge on any atom is -0.381 e. The first kappa shape index (κ1) is 17.7. The van der Waals surface area contributed by atoms with E-state index in [1.165, 1.54) is 24.8 Å². The second-order valence-electron chi connectivity index (χ2n) is 8.50. The summed E-state index contributed by atoms with van der Waals surface area (Å²) in [5, 5.41) is 0.982. The van der Waals surface area contributed by atoms with Crippen LogP contribution in [0.3, 0.4) is 0 Å². The first-order valence-electron chi connectivity index (χ1n) is 10.2. The van der Waals surface area contributed by atoms with Crippen LogP contribution < -0.4 is 5.56 Å². The molecule has 0 amide bonds. The van der Waals surface area contributed by atoms with Gasteiger partial charge in [-0.15, -0.1) is 0 Å². The maximum absolute atomic E-state index is 12.3. The number of nitrogens with one attached hydrogen (secondary N) is 1. The summed E-state index contributed by atoms with van der Waals surface area (Å²) in [6, 6.07) is 10.8. The molecule has 0 unspecified atom stereocenters. The summed E-state index contributed by atoms with van der Waals surface area (Å²) in [7, 11) is 1.78. The average Bonchev–Trinajstić information content (AvgIpc) is 3.35. The number of piperidine rings is 1. The van der Waals surface area contributed by atoms with Crippen molar-refractivity contribution in [2.45, 2.75) is 25.8 Å². The number of hydrogen-bond donors (Lipinski definition) is 1. The molecule has 0 saturated carbocycles. The van der Waals surface area contributed by atoms with E-state index in [0.717, 1.165) is 49.4 Å². The number of nitrogens with zero attached hydrogens (tertiary/aromatic N) is 2. The summed E-state index contributed by atoms with van der Waals surface area (Å²) >= 11 is 0. The van der Waals surface area contributed by atoms with E-state index in [1.54, 1.807) is 11.6 Å². The van der Waals surface area contributed by atoms with Crippen molar-refractivity contribution >= 4 is 10.9 Å². The van der Waals surface area contributed by atoms with Crippen molar-refractivity contribution < 1.29 is 4.74 Å². The van der Waals surface area contributed by atoms with Crippen molar-refractivity contribution in [3.8, 4) is 11.1 Å². The quantitative estimate of drug-likeness (QED) is 0.760. The smallest absolute Gasteiger partial charge is 0.274 e. The number of benzene rings is 1. The Morgan fingerprint density at radius 3 is 2.61 bits per heavy atom. The van der Waals surface area contributed by atoms with Crippen LogP contribution >= 0.6 is 0 Å². The zero-order chi connectivity index (χ0) is 19.1. The van der Waals surface area contributed by atoms with Crippen LogP contribution in [0.4, 0.5) is 0 Å². The van der Waals surface area contributed by atoms with Gasteiger partial charge in [0.15, 0.2) is 0 Å². The zero-order valence-electron chi connectivity index (χ0n) is 16.4. The maximum atomic E-state index is 12.3. The molecule has 5 nitrogen and oxygen atoms in total. The Balaban J connectivity index is 1.30. The Bertz CT molecular complexity index is 1030. The van der Waals surface area contributed by atoms with Gasteiger partial charge in [-0.2, -0.15) is 0 Å². The van der Waals surface area contributed by atoms with Crippen molar-refractivity contribution in [1.29, 1.82) is 0 Å². The molecule has 0 radical (unpaired) electrons. The lowest BCUT2D eigenvalue weighted by molar-refractivity contribution is 0.0773. The molecule has 5 heteroatoms. The predicted molar refractivity (Wildman–Crippen MR) is 111 cm³/mol. The lowest BCUT2D eigenvalue weighted by atomic mass is 9.78. The van der Waals surface area contributed by atoms with Crippen LogP contribution in [0.1, 0.15) is 24.8 Å². The van der Waals surface area contributed by atoms with Gasteiger partial charge in [0.1, 0.15) is 5.52 Å². The molecular formula is C23H27N3O2. The predicted octanol–water partition coefficient (Wildman–Crippen LogP) is 3.54. The number of hydrogen-bond acceptors (Lipinski definition) is 3. The molecule has 4 heterocycles. The van der Waals surface area contributed by atoms with Crippen molar-refractivity contribution in [3.05, 3.63) is 58.6 Å². The molecular weight excluding hydrogens is 350 g/mol. The number of rotatable bonds is 3. The fraction of sp³-hybridized carbons (Fsp3) is 0.435. The second-order valence-corrected chi connectivity index (χ2v) is 8.50. The van der Waals surface area contributed by atoms with E-state index in [-0.39, 0.29) is 5.56 Å². The molecule has 2 fully saturated rings. The molecule has 2 aromatic heterocycles. The molecule has 146 valence electrons. The van der Waals surface area contributed by atoms with Gasteiger partial charge in [-0.1, -0.05) is 24.3 Å². The van der Waals surface area contributed by atoms with Crippen molar-refractivity contribution in [3.63, 3.8) is 0 Å². The highest BCUT2D eigenvalue weighted by atomic mass is 16.5. The minimum atomic E-state index is 0.0101. The highest BCUT2D eigenvalue weighted by Crippen LogP contribution is 2.39. The highest BCUT2D eigenvalue weighted by Gasteiger charge is 2.37. The Labute approximate surface area is 164 Å². The summed E-state index contributed by atoms with van der Waals surface area (Å²) in [5.41, 5.74) is 4.72. The van der Waals surface area contributed by atoms with Crippen LogP contribution in [0.5, 0.6) is 0 Å². The van der Waals surface area contributed by atoms with E-state index in [2.05, 4.69) is 34.1 Å². The minimum absolute atomic E-state index is 0.0101. The van der Waals surface area contributed by atoms with Gasteiger partial charge in [0.2, 0.25) is 0 Å². The molecule has 2 aliphatic heterocycles. The fourth-order valence-electron chi connectivity index (χ4n) is 4.73. The molecule has 3 aromatic rings. The van der Waals surface area contributed by atoms with Crippen LogP contribution in [-0.2, 0) is 18.3 Å². The standard InChI is InChI=1S/C23H27N3O2/c1-25-10-6-19-20(14-24-21(19)22(25)27)18-4-2-17(3-5-18)15-26-11-7-23(8-12-26)9-13-28-16-23/h2-6,10,14,24H,7-9,11-13,15-16H2,1H3. The highest BCUT2D eigenvalue weighted by molar-refractivity contribution is 5.94. The molecule has 0 aliphatic carbocycles. The van der Waals surface area contributed by atoms with Gasteiger partial charge in [0, 0.05) is 43.5 Å². The van der Waals surface area contributed by atoms with Crippen LogP contribution in [0.25, 0.3) is 22.0 Å². The summed E-state index contributed by atoms with van der Waals surface area (Å²) in [4.78, 5) is 18.0. The molecule has 2 saturated heterocycles. The average molecular weight is 377 g/mol. The summed E-state index contributed by atoms with van der Waals surface area (Å²) < 4.78 is 7.25. The number of fused-ring (bicyclic) bond motifs is 1. The van der Waals surface area contributed by atoms with E-state index in [1.807, 2.05) is 18.5 Å². The lowest BCUT2D eigenvalue weighted by Gasteiger charge is -2.38. The molecule has 1 aromatic carbocycles. The molecule has 28 heavy (non-hydrogen) atoms. The number of pyridine rings is 1. The van der Waals surface area contributed by atoms with Gasteiger partial charge >= 0.3 is 0 Å². The zero-order valence-corrected chi connectivity index (χ0v) is 16.4. The molecule has 1 N–H and O–H groups in total. The van der Waals surface area contributed by atoms with E-state index >= 15 is 0 Å². The lowest BCUT2D eigenvalue weighted by Crippen LogP contribution is -2.39. The number of ether oxygens (including phenoxy) is 1. The van der Waals surface area contributed by atoms with Crippen molar-refractivity contribution in [2.75, 3.05) is 26.3 Å². The summed E-state index contributed by atoms with van der Waals surface area (Å²) in [5.74, 6) is 0.